The minimum absolute atomic E-state index is 0.148. The topological polar surface area (TPSA) is 37.4 Å². The summed E-state index contributed by atoms with van der Waals surface area (Å²) >= 11 is 0. The van der Waals surface area contributed by atoms with Crippen LogP contribution in [0.5, 0.6) is 0 Å². The Morgan fingerprint density at radius 2 is 1.47 bits per heavy atom. The molecule has 0 bridgehead atoms. The number of hydrogen-bond donors (Lipinski definition) is 0. The van der Waals surface area contributed by atoms with Gasteiger partial charge >= 0.3 is 0 Å². The quantitative estimate of drug-likeness (QED) is 0.733. The SMILES string of the molecule is CC(C)(C)CS(=O)(=O)N1CCCCCC1. The molecule has 0 atom stereocenters. The molecule has 3 nitrogen and oxygen atoms in total. The van der Waals surface area contributed by atoms with E-state index < -0.39 is 10.0 Å². The maximum Gasteiger partial charge on any atom is 0.214 e. The van der Waals surface area contributed by atoms with Gasteiger partial charge in [-0.3, -0.25) is 0 Å². The van der Waals surface area contributed by atoms with Gasteiger partial charge < -0.3 is 0 Å². The molecule has 0 radical (unpaired) electrons. The molecule has 4 heteroatoms. The van der Waals surface area contributed by atoms with Gasteiger partial charge in [0.2, 0.25) is 10.0 Å². The molecule has 0 N–H and O–H groups in total. The average Bonchev–Trinajstić information content (AvgIpc) is 2.25. The molecule has 0 saturated carbocycles. The average molecular weight is 233 g/mol. The van der Waals surface area contributed by atoms with Crippen molar-refractivity contribution in [1.82, 2.24) is 4.31 Å². The fraction of sp³-hybridized carbons (Fsp3) is 1.00. The highest BCUT2D eigenvalue weighted by molar-refractivity contribution is 7.89. The fourth-order valence-electron chi connectivity index (χ4n) is 1.96. The van der Waals surface area contributed by atoms with Gasteiger partial charge in [0.05, 0.1) is 5.75 Å². The second kappa shape index (κ2) is 4.83. The molecular weight excluding hydrogens is 210 g/mol. The summed E-state index contributed by atoms with van der Waals surface area (Å²) in [4.78, 5) is 0. The largest absolute Gasteiger partial charge is 0.214 e. The molecule has 1 rings (SSSR count). The second-order valence-corrected chi connectivity index (χ2v) is 7.60. The van der Waals surface area contributed by atoms with Crippen molar-refractivity contribution >= 4 is 10.0 Å². The Labute approximate surface area is 93.9 Å². The predicted molar refractivity (Wildman–Crippen MR) is 63.3 cm³/mol. The zero-order valence-corrected chi connectivity index (χ0v) is 10.9. The molecule has 0 aromatic carbocycles. The van der Waals surface area contributed by atoms with E-state index in [0.717, 1.165) is 25.9 Å². The maximum atomic E-state index is 12.1. The van der Waals surface area contributed by atoms with Crippen molar-refractivity contribution in [2.75, 3.05) is 18.8 Å². The zero-order valence-electron chi connectivity index (χ0n) is 10.1. The van der Waals surface area contributed by atoms with Gasteiger partial charge in [-0.1, -0.05) is 33.6 Å². The van der Waals surface area contributed by atoms with Crippen molar-refractivity contribution in [2.24, 2.45) is 5.41 Å². The van der Waals surface area contributed by atoms with Crippen LogP contribution in [0.15, 0.2) is 0 Å². The summed E-state index contributed by atoms with van der Waals surface area (Å²) < 4.78 is 25.8. The normalized spacial score (nSPS) is 21.3. The Bertz CT molecular complexity index is 282. The summed E-state index contributed by atoms with van der Waals surface area (Å²) in [7, 11) is -3.03. The van der Waals surface area contributed by atoms with E-state index in [1.165, 1.54) is 12.8 Å². The van der Waals surface area contributed by atoms with Crippen LogP contribution >= 0.6 is 0 Å². The van der Waals surface area contributed by atoms with E-state index in [0.29, 0.717) is 0 Å². The first-order chi connectivity index (χ1) is 6.81. The first kappa shape index (κ1) is 13.0. The molecule has 1 fully saturated rings. The summed E-state index contributed by atoms with van der Waals surface area (Å²) in [6.07, 6.45) is 4.37. The van der Waals surface area contributed by atoms with E-state index in [2.05, 4.69) is 0 Å². The highest BCUT2D eigenvalue weighted by Crippen LogP contribution is 2.21. The standard InChI is InChI=1S/C11H23NO2S/c1-11(2,3)10-15(13,14)12-8-6-4-5-7-9-12/h4-10H2,1-3H3. The molecule has 1 aliphatic heterocycles. The van der Waals surface area contributed by atoms with Crippen molar-refractivity contribution < 1.29 is 8.42 Å². The van der Waals surface area contributed by atoms with Crippen molar-refractivity contribution in [3.8, 4) is 0 Å². The molecule has 0 aliphatic carbocycles. The van der Waals surface area contributed by atoms with Gasteiger partial charge in [-0.25, -0.2) is 12.7 Å². The monoisotopic (exact) mass is 233 g/mol. The van der Waals surface area contributed by atoms with Gasteiger partial charge in [0, 0.05) is 13.1 Å². The second-order valence-electron chi connectivity index (χ2n) is 5.63. The van der Waals surface area contributed by atoms with E-state index in [1.54, 1.807) is 4.31 Å². The summed E-state index contributed by atoms with van der Waals surface area (Å²) in [5.74, 6) is 0.264. The minimum atomic E-state index is -3.03. The molecule has 0 aromatic rings. The van der Waals surface area contributed by atoms with Crippen molar-refractivity contribution in [2.45, 2.75) is 46.5 Å². The smallest absolute Gasteiger partial charge is 0.212 e. The Morgan fingerprint density at radius 3 is 1.87 bits per heavy atom. The maximum absolute atomic E-state index is 12.1. The van der Waals surface area contributed by atoms with Crippen molar-refractivity contribution in [3.63, 3.8) is 0 Å². The lowest BCUT2D eigenvalue weighted by molar-refractivity contribution is 0.396. The Kier molecular flexibility index (Phi) is 4.18. The fourth-order valence-corrected chi connectivity index (χ4v) is 4.05. The molecular formula is C11H23NO2S. The van der Waals surface area contributed by atoms with Crippen LogP contribution in [0.4, 0.5) is 0 Å². The summed E-state index contributed by atoms with van der Waals surface area (Å²) in [5.41, 5.74) is -0.148. The third-order valence-corrected chi connectivity index (χ3v) is 4.96. The molecule has 0 unspecified atom stereocenters. The van der Waals surface area contributed by atoms with Gasteiger partial charge in [-0.2, -0.15) is 0 Å². The molecule has 15 heavy (non-hydrogen) atoms. The molecule has 90 valence electrons. The summed E-state index contributed by atoms with van der Waals surface area (Å²) in [5, 5.41) is 0. The lowest BCUT2D eigenvalue weighted by Crippen LogP contribution is -2.37. The first-order valence-corrected chi connectivity index (χ1v) is 7.40. The molecule has 0 amide bonds. The third-order valence-electron chi connectivity index (χ3n) is 2.57. The minimum Gasteiger partial charge on any atom is -0.212 e. The highest BCUT2D eigenvalue weighted by atomic mass is 32.2. The van der Waals surface area contributed by atoms with Crippen LogP contribution in [-0.2, 0) is 10.0 Å². The number of nitrogens with zero attached hydrogens (tertiary/aromatic N) is 1. The van der Waals surface area contributed by atoms with Crippen LogP contribution in [0.25, 0.3) is 0 Å². The van der Waals surface area contributed by atoms with Crippen LogP contribution in [0.1, 0.15) is 46.5 Å². The van der Waals surface area contributed by atoms with Crippen LogP contribution in [-0.4, -0.2) is 31.6 Å². The highest BCUT2D eigenvalue weighted by Gasteiger charge is 2.28. The van der Waals surface area contributed by atoms with Crippen molar-refractivity contribution in [3.05, 3.63) is 0 Å². The first-order valence-electron chi connectivity index (χ1n) is 5.79. The van der Waals surface area contributed by atoms with E-state index in [-0.39, 0.29) is 11.2 Å². The predicted octanol–water partition coefficient (Wildman–Crippen LogP) is 2.24. The van der Waals surface area contributed by atoms with E-state index >= 15 is 0 Å². The summed E-state index contributed by atoms with van der Waals surface area (Å²) in [6.45, 7) is 7.37. The third kappa shape index (κ3) is 4.51. The zero-order chi connectivity index (χ0) is 11.5. The Hall–Kier alpha value is -0.0900. The molecule has 1 aliphatic rings. The molecule has 0 spiro atoms. The molecule has 1 heterocycles. The van der Waals surface area contributed by atoms with E-state index in [9.17, 15) is 8.42 Å². The van der Waals surface area contributed by atoms with Crippen LogP contribution in [0.3, 0.4) is 0 Å². The molecule has 0 aromatic heterocycles. The lowest BCUT2D eigenvalue weighted by atomic mass is 10.0. The number of rotatable bonds is 2. The number of sulfonamides is 1. The van der Waals surface area contributed by atoms with E-state index in [1.807, 2.05) is 20.8 Å². The van der Waals surface area contributed by atoms with Crippen LogP contribution in [0.2, 0.25) is 0 Å². The van der Waals surface area contributed by atoms with Gasteiger partial charge in [0.25, 0.3) is 0 Å². The lowest BCUT2D eigenvalue weighted by Gasteiger charge is -2.25. The number of hydrogen-bond acceptors (Lipinski definition) is 2. The Balaban J connectivity index is 2.67. The molecule has 1 saturated heterocycles. The van der Waals surface area contributed by atoms with Crippen molar-refractivity contribution in [1.29, 1.82) is 0 Å². The van der Waals surface area contributed by atoms with Crippen LogP contribution in [0, 0.1) is 5.41 Å². The summed E-state index contributed by atoms with van der Waals surface area (Å²) in [6, 6.07) is 0. The van der Waals surface area contributed by atoms with Gasteiger partial charge in [0.15, 0.2) is 0 Å². The van der Waals surface area contributed by atoms with Gasteiger partial charge in [-0.15, -0.1) is 0 Å². The Morgan fingerprint density at radius 1 is 1.00 bits per heavy atom. The van der Waals surface area contributed by atoms with Crippen LogP contribution < -0.4 is 0 Å². The van der Waals surface area contributed by atoms with E-state index in [4.69, 9.17) is 0 Å². The van der Waals surface area contributed by atoms with Gasteiger partial charge in [0.1, 0.15) is 0 Å². The van der Waals surface area contributed by atoms with Gasteiger partial charge in [-0.05, 0) is 18.3 Å².